The molecule has 14 heavy (non-hydrogen) atoms. The molecule has 0 spiro atoms. The number of rotatable bonds is 8. The Morgan fingerprint density at radius 3 is 2.29 bits per heavy atom. The van der Waals surface area contributed by atoms with E-state index < -0.39 is 0 Å². The molecule has 0 aromatic carbocycles. The topological polar surface area (TPSA) is 0 Å². The quantitative estimate of drug-likeness (QED) is 0.511. The predicted octanol–water partition coefficient (Wildman–Crippen LogP) is 5.02. The molecule has 0 unspecified atom stereocenters. The van der Waals surface area contributed by atoms with E-state index in [0.717, 1.165) is 5.25 Å². The molecular formula is C13H26S. The van der Waals surface area contributed by atoms with Crippen molar-refractivity contribution in [2.75, 3.05) is 5.75 Å². The molecular weight excluding hydrogens is 188 g/mol. The zero-order valence-electron chi connectivity index (χ0n) is 9.76. The Labute approximate surface area is 94.2 Å². The van der Waals surface area contributed by atoms with Gasteiger partial charge in [-0.05, 0) is 25.0 Å². The minimum atomic E-state index is 1.03. The third-order valence-electron chi connectivity index (χ3n) is 3.15. The summed E-state index contributed by atoms with van der Waals surface area (Å²) in [7, 11) is 0. The van der Waals surface area contributed by atoms with E-state index >= 15 is 0 Å². The lowest BCUT2D eigenvalue weighted by atomic mass is 10.1. The van der Waals surface area contributed by atoms with Crippen LogP contribution < -0.4 is 0 Å². The second-order valence-electron chi connectivity index (χ2n) is 4.55. The lowest BCUT2D eigenvalue weighted by Gasteiger charge is -2.07. The SMILES string of the molecule is CCCCCCCCSC1CCCC1. The second-order valence-corrected chi connectivity index (χ2v) is 5.95. The maximum Gasteiger partial charge on any atom is 0.00470 e. The van der Waals surface area contributed by atoms with E-state index in [-0.39, 0.29) is 0 Å². The van der Waals surface area contributed by atoms with Crippen molar-refractivity contribution in [1.82, 2.24) is 0 Å². The van der Waals surface area contributed by atoms with E-state index in [1.165, 1.54) is 70.0 Å². The molecule has 0 bridgehead atoms. The lowest BCUT2D eigenvalue weighted by Crippen LogP contribution is -1.95. The van der Waals surface area contributed by atoms with Crippen molar-refractivity contribution in [3.05, 3.63) is 0 Å². The predicted molar refractivity (Wildman–Crippen MR) is 68.1 cm³/mol. The lowest BCUT2D eigenvalue weighted by molar-refractivity contribution is 0.626. The van der Waals surface area contributed by atoms with E-state index in [4.69, 9.17) is 0 Å². The van der Waals surface area contributed by atoms with Crippen LogP contribution in [0.3, 0.4) is 0 Å². The standard InChI is InChI=1S/C13H26S/c1-2-3-4-5-6-9-12-14-13-10-7-8-11-13/h13H,2-12H2,1H3. The van der Waals surface area contributed by atoms with E-state index in [9.17, 15) is 0 Å². The van der Waals surface area contributed by atoms with Gasteiger partial charge in [-0.3, -0.25) is 0 Å². The summed E-state index contributed by atoms with van der Waals surface area (Å²) in [5.74, 6) is 1.43. The first kappa shape index (κ1) is 12.4. The summed E-state index contributed by atoms with van der Waals surface area (Å²) >= 11 is 2.25. The highest BCUT2D eigenvalue weighted by Crippen LogP contribution is 2.29. The van der Waals surface area contributed by atoms with Crippen LogP contribution >= 0.6 is 11.8 Å². The molecule has 1 saturated carbocycles. The number of hydrogen-bond acceptors (Lipinski definition) is 1. The average molecular weight is 214 g/mol. The molecule has 0 nitrogen and oxygen atoms in total. The molecule has 0 heterocycles. The van der Waals surface area contributed by atoms with Gasteiger partial charge in [0.2, 0.25) is 0 Å². The average Bonchev–Trinajstić information content (AvgIpc) is 2.69. The van der Waals surface area contributed by atoms with Gasteiger partial charge in [0.05, 0.1) is 0 Å². The van der Waals surface area contributed by atoms with Crippen LogP contribution in [-0.2, 0) is 0 Å². The van der Waals surface area contributed by atoms with Crippen molar-refractivity contribution in [3.8, 4) is 0 Å². The van der Waals surface area contributed by atoms with Gasteiger partial charge in [-0.25, -0.2) is 0 Å². The van der Waals surface area contributed by atoms with Gasteiger partial charge in [-0.2, -0.15) is 11.8 Å². The summed E-state index contributed by atoms with van der Waals surface area (Å²) in [4.78, 5) is 0. The maximum atomic E-state index is 2.29. The molecule has 84 valence electrons. The second kappa shape index (κ2) is 8.64. The van der Waals surface area contributed by atoms with Gasteiger partial charge in [0.25, 0.3) is 0 Å². The van der Waals surface area contributed by atoms with Crippen LogP contribution in [0.25, 0.3) is 0 Å². The fourth-order valence-electron chi connectivity index (χ4n) is 2.19. The smallest absolute Gasteiger partial charge is 0.00470 e. The summed E-state index contributed by atoms with van der Waals surface area (Å²) in [6, 6.07) is 0. The zero-order valence-corrected chi connectivity index (χ0v) is 10.6. The van der Waals surface area contributed by atoms with Crippen LogP contribution in [0.5, 0.6) is 0 Å². The van der Waals surface area contributed by atoms with E-state index in [0.29, 0.717) is 0 Å². The van der Waals surface area contributed by atoms with Crippen molar-refractivity contribution in [2.24, 2.45) is 0 Å². The Kier molecular flexibility index (Phi) is 7.67. The largest absolute Gasteiger partial charge is 0.159 e. The van der Waals surface area contributed by atoms with Gasteiger partial charge in [0.1, 0.15) is 0 Å². The Morgan fingerprint density at radius 2 is 1.57 bits per heavy atom. The number of unbranched alkanes of at least 4 members (excludes halogenated alkanes) is 5. The Hall–Kier alpha value is 0.350. The Morgan fingerprint density at radius 1 is 0.929 bits per heavy atom. The molecule has 0 N–H and O–H groups in total. The zero-order chi connectivity index (χ0) is 10.1. The van der Waals surface area contributed by atoms with Gasteiger partial charge < -0.3 is 0 Å². The van der Waals surface area contributed by atoms with Crippen molar-refractivity contribution >= 4 is 11.8 Å². The first-order valence-corrected chi connectivity index (χ1v) is 7.60. The highest BCUT2D eigenvalue weighted by molar-refractivity contribution is 7.99. The van der Waals surface area contributed by atoms with Gasteiger partial charge in [-0.1, -0.05) is 51.9 Å². The maximum absolute atomic E-state index is 2.29. The molecule has 1 aliphatic rings. The Balaban J connectivity index is 1.75. The third-order valence-corrected chi connectivity index (χ3v) is 4.62. The van der Waals surface area contributed by atoms with Crippen LogP contribution in [0.2, 0.25) is 0 Å². The van der Waals surface area contributed by atoms with E-state index in [2.05, 4.69) is 18.7 Å². The molecule has 0 atom stereocenters. The molecule has 1 rings (SSSR count). The summed E-state index contributed by atoms with van der Waals surface area (Å²) in [6.07, 6.45) is 14.7. The normalized spacial score (nSPS) is 17.8. The van der Waals surface area contributed by atoms with Gasteiger partial charge in [-0.15, -0.1) is 0 Å². The summed E-state index contributed by atoms with van der Waals surface area (Å²) in [6.45, 7) is 2.29. The molecule has 0 aliphatic heterocycles. The van der Waals surface area contributed by atoms with Crippen LogP contribution in [-0.4, -0.2) is 11.0 Å². The summed E-state index contributed by atoms with van der Waals surface area (Å²) in [5.41, 5.74) is 0. The van der Waals surface area contributed by atoms with Gasteiger partial charge in [0, 0.05) is 5.25 Å². The van der Waals surface area contributed by atoms with E-state index in [1.54, 1.807) is 0 Å². The molecule has 0 radical (unpaired) electrons. The van der Waals surface area contributed by atoms with E-state index in [1.807, 2.05) is 0 Å². The Bertz CT molecular complexity index is 116. The third kappa shape index (κ3) is 5.95. The van der Waals surface area contributed by atoms with Gasteiger partial charge >= 0.3 is 0 Å². The fourth-order valence-corrected chi connectivity index (χ4v) is 3.56. The number of thioether (sulfide) groups is 1. The van der Waals surface area contributed by atoms with Crippen LogP contribution in [0, 0.1) is 0 Å². The molecule has 1 aliphatic carbocycles. The van der Waals surface area contributed by atoms with Gasteiger partial charge in [0.15, 0.2) is 0 Å². The highest BCUT2D eigenvalue weighted by atomic mass is 32.2. The van der Waals surface area contributed by atoms with Crippen LogP contribution in [0.4, 0.5) is 0 Å². The first-order chi connectivity index (χ1) is 6.93. The molecule has 1 heteroatoms. The van der Waals surface area contributed by atoms with Crippen LogP contribution in [0.15, 0.2) is 0 Å². The van der Waals surface area contributed by atoms with Crippen LogP contribution in [0.1, 0.15) is 71.1 Å². The van der Waals surface area contributed by atoms with Crippen molar-refractivity contribution in [2.45, 2.75) is 76.4 Å². The number of hydrogen-bond donors (Lipinski definition) is 0. The van der Waals surface area contributed by atoms with Crippen molar-refractivity contribution in [1.29, 1.82) is 0 Å². The molecule has 0 aromatic rings. The first-order valence-electron chi connectivity index (χ1n) is 6.55. The summed E-state index contributed by atoms with van der Waals surface area (Å²) < 4.78 is 0. The molecule has 0 aromatic heterocycles. The van der Waals surface area contributed by atoms with Crippen molar-refractivity contribution in [3.63, 3.8) is 0 Å². The van der Waals surface area contributed by atoms with Crippen molar-refractivity contribution < 1.29 is 0 Å². The molecule has 1 fully saturated rings. The minimum Gasteiger partial charge on any atom is -0.159 e. The highest BCUT2D eigenvalue weighted by Gasteiger charge is 2.14. The monoisotopic (exact) mass is 214 g/mol. The molecule has 0 saturated heterocycles. The summed E-state index contributed by atoms with van der Waals surface area (Å²) in [5, 5.41) is 1.03. The fraction of sp³-hybridized carbons (Fsp3) is 1.00. The molecule has 0 amide bonds. The minimum absolute atomic E-state index is 1.03.